The van der Waals surface area contributed by atoms with E-state index in [0.717, 1.165) is 5.56 Å². The molecule has 0 aromatic carbocycles. The van der Waals surface area contributed by atoms with Crippen LogP contribution in [0.1, 0.15) is 12.5 Å². The highest BCUT2D eigenvalue weighted by Crippen LogP contribution is 2.05. The topological polar surface area (TPSA) is 82.5 Å². The Morgan fingerprint density at radius 2 is 2.10 bits per heavy atom. The first-order valence-electron chi connectivity index (χ1n) is 6.24. The van der Waals surface area contributed by atoms with E-state index in [1.807, 2.05) is 19.1 Å². The van der Waals surface area contributed by atoms with Crippen LogP contribution in [0.4, 0.5) is 4.79 Å². The molecule has 0 aliphatic rings. The molecular formula is C13H19N3O3S. The van der Waals surface area contributed by atoms with Crippen LogP contribution in [0.2, 0.25) is 0 Å². The molecule has 1 aromatic rings. The van der Waals surface area contributed by atoms with Gasteiger partial charge in [0.25, 0.3) is 0 Å². The smallest absolute Gasteiger partial charge is 0.327 e. The van der Waals surface area contributed by atoms with Crippen LogP contribution >= 0.6 is 11.8 Å². The number of nitrogens with zero attached hydrogens (tertiary/aromatic N) is 2. The lowest BCUT2D eigenvalue weighted by atomic mass is 10.2. The van der Waals surface area contributed by atoms with Gasteiger partial charge >= 0.3 is 12.0 Å². The molecule has 7 heteroatoms. The number of amides is 2. The fourth-order valence-electron chi connectivity index (χ4n) is 1.62. The second kappa shape index (κ2) is 8.42. The number of carbonyl (C=O) groups excluding carboxylic acids is 1. The second-order valence-electron chi connectivity index (χ2n) is 4.17. The maximum absolute atomic E-state index is 12.1. The van der Waals surface area contributed by atoms with Crippen molar-refractivity contribution >= 4 is 23.8 Å². The largest absolute Gasteiger partial charge is 0.480 e. The van der Waals surface area contributed by atoms with Crippen molar-refractivity contribution in [1.82, 2.24) is 15.2 Å². The summed E-state index contributed by atoms with van der Waals surface area (Å²) in [6.07, 6.45) is 5.13. The summed E-state index contributed by atoms with van der Waals surface area (Å²) >= 11 is 1.38. The molecule has 0 bridgehead atoms. The van der Waals surface area contributed by atoms with Crippen LogP contribution in [0.5, 0.6) is 0 Å². The first-order valence-corrected chi connectivity index (χ1v) is 7.64. The van der Waals surface area contributed by atoms with Crippen molar-refractivity contribution in [3.63, 3.8) is 0 Å². The number of aliphatic carboxylic acids is 1. The van der Waals surface area contributed by atoms with Crippen LogP contribution in [0, 0.1) is 0 Å². The van der Waals surface area contributed by atoms with Gasteiger partial charge < -0.3 is 15.3 Å². The third kappa shape index (κ3) is 5.08. The second-order valence-corrected chi connectivity index (χ2v) is 5.08. The molecule has 0 radical (unpaired) electrons. The van der Waals surface area contributed by atoms with E-state index >= 15 is 0 Å². The third-order valence-corrected chi connectivity index (χ3v) is 3.39. The number of carboxylic acid groups (broad SMARTS) is 1. The van der Waals surface area contributed by atoms with E-state index in [1.165, 1.54) is 11.8 Å². The van der Waals surface area contributed by atoms with Gasteiger partial charge in [-0.15, -0.1) is 0 Å². The molecule has 0 fully saturated rings. The van der Waals surface area contributed by atoms with Crippen molar-refractivity contribution in [2.24, 2.45) is 0 Å². The molecule has 0 saturated heterocycles. The van der Waals surface area contributed by atoms with Gasteiger partial charge in [-0.2, -0.15) is 11.8 Å². The minimum atomic E-state index is -1.02. The summed E-state index contributed by atoms with van der Waals surface area (Å²) in [5.41, 5.74) is 0.953. The van der Waals surface area contributed by atoms with Gasteiger partial charge in [-0.25, -0.2) is 9.59 Å². The number of hydrogen-bond donors (Lipinski definition) is 2. The van der Waals surface area contributed by atoms with E-state index in [1.54, 1.807) is 23.5 Å². The van der Waals surface area contributed by atoms with Gasteiger partial charge in [0.1, 0.15) is 6.04 Å². The van der Waals surface area contributed by atoms with Gasteiger partial charge in [-0.05, 0) is 30.9 Å². The number of carbonyl (C=O) groups is 2. The average molecular weight is 297 g/mol. The van der Waals surface area contributed by atoms with E-state index in [-0.39, 0.29) is 6.03 Å². The Bertz CT molecular complexity index is 442. The molecule has 1 aromatic heterocycles. The normalized spacial score (nSPS) is 11.7. The lowest BCUT2D eigenvalue weighted by Gasteiger charge is -2.23. The first-order chi connectivity index (χ1) is 9.58. The molecule has 0 saturated carbocycles. The summed E-state index contributed by atoms with van der Waals surface area (Å²) in [6.45, 7) is 2.78. The van der Waals surface area contributed by atoms with Gasteiger partial charge in [-0.3, -0.25) is 4.98 Å². The van der Waals surface area contributed by atoms with E-state index in [4.69, 9.17) is 5.11 Å². The summed E-state index contributed by atoms with van der Waals surface area (Å²) in [7, 11) is 0. The Morgan fingerprint density at radius 1 is 1.45 bits per heavy atom. The fraction of sp³-hybridized carbons (Fsp3) is 0.462. The molecule has 1 atom stereocenters. The van der Waals surface area contributed by atoms with Crippen molar-refractivity contribution in [3.05, 3.63) is 30.1 Å². The first kappa shape index (κ1) is 16.3. The standard InChI is InChI=1S/C13H19N3O3S/c1-3-16(8-10-4-6-14-7-5-10)13(19)15-11(9-20-2)12(17)18/h4-7,11H,3,8-9H2,1-2H3,(H,15,19)(H,17,18)/t11-/m0/s1. The summed E-state index contributed by atoms with van der Waals surface area (Å²) in [5.74, 6) is -0.680. The quantitative estimate of drug-likeness (QED) is 0.795. The summed E-state index contributed by atoms with van der Waals surface area (Å²) < 4.78 is 0. The SMILES string of the molecule is CCN(Cc1ccncc1)C(=O)N[C@@H](CSC)C(=O)O. The Balaban J connectivity index is 2.64. The van der Waals surface area contributed by atoms with Crippen LogP contribution in [-0.2, 0) is 11.3 Å². The van der Waals surface area contributed by atoms with Gasteiger partial charge in [0.05, 0.1) is 0 Å². The summed E-state index contributed by atoms with van der Waals surface area (Å²) in [4.78, 5) is 28.6. The molecular weight excluding hydrogens is 278 g/mol. The highest BCUT2D eigenvalue weighted by Gasteiger charge is 2.22. The number of aromatic nitrogens is 1. The van der Waals surface area contributed by atoms with Crippen molar-refractivity contribution < 1.29 is 14.7 Å². The van der Waals surface area contributed by atoms with Crippen molar-refractivity contribution in [2.75, 3.05) is 18.6 Å². The summed E-state index contributed by atoms with van der Waals surface area (Å²) in [5, 5.41) is 11.6. The van der Waals surface area contributed by atoms with Gasteiger partial charge in [0.15, 0.2) is 0 Å². The van der Waals surface area contributed by atoms with Gasteiger partial charge in [0.2, 0.25) is 0 Å². The molecule has 1 heterocycles. The number of urea groups is 1. The van der Waals surface area contributed by atoms with E-state index in [9.17, 15) is 9.59 Å². The van der Waals surface area contributed by atoms with E-state index < -0.39 is 12.0 Å². The lowest BCUT2D eigenvalue weighted by molar-refractivity contribution is -0.138. The van der Waals surface area contributed by atoms with Crippen molar-refractivity contribution in [2.45, 2.75) is 19.5 Å². The molecule has 0 aliphatic heterocycles. The number of carboxylic acids is 1. The minimum Gasteiger partial charge on any atom is -0.480 e. The molecule has 20 heavy (non-hydrogen) atoms. The van der Waals surface area contributed by atoms with E-state index in [0.29, 0.717) is 18.8 Å². The third-order valence-electron chi connectivity index (χ3n) is 2.72. The Labute approximate surface area is 122 Å². The zero-order chi connectivity index (χ0) is 15.0. The molecule has 1 rings (SSSR count). The van der Waals surface area contributed by atoms with Gasteiger partial charge in [-0.1, -0.05) is 0 Å². The predicted molar refractivity (Wildman–Crippen MR) is 78.7 cm³/mol. The molecule has 0 aliphatic carbocycles. The Hall–Kier alpha value is -1.76. The fourth-order valence-corrected chi connectivity index (χ4v) is 2.18. The molecule has 0 spiro atoms. The Kier molecular flexibility index (Phi) is 6.86. The summed E-state index contributed by atoms with van der Waals surface area (Å²) in [6, 6.07) is 2.41. The number of hydrogen-bond acceptors (Lipinski definition) is 4. The van der Waals surface area contributed by atoms with Crippen LogP contribution < -0.4 is 5.32 Å². The molecule has 2 amide bonds. The monoisotopic (exact) mass is 297 g/mol. The Morgan fingerprint density at radius 3 is 2.60 bits per heavy atom. The van der Waals surface area contributed by atoms with Crippen LogP contribution in [0.15, 0.2) is 24.5 Å². The maximum Gasteiger partial charge on any atom is 0.327 e. The van der Waals surface area contributed by atoms with E-state index in [2.05, 4.69) is 10.3 Å². The number of pyridine rings is 1. The zero-order valence-corrected chi connectivity index (χ0v) is 12.4. The van der Waals surface area contributed by atoms with Crippen molar-refractivity contribution in [1.29, 1.82) is 0 Å². The molecule has 6 nitrogen and oxygen atoms in total. The molecule has 110 valence electrons. The minimum absolute atomic E-state index is 0.341. The van der Waals surface area contributed by atoms with Crippen LogP contribution in [0.3, 0.4) is 0 Å². The number of rotatable bonds is 7. The highest BCUT2D eigenvalue weighted by molar-refractivity contribution is 7.98. The maximum atomic E-state index is 12.1. The number of thioether (sulfide) groups is 1. The zero-order valence-electron chi connectivity index (χ0n) is 11.6. The van der Waals surface area contributed by atoms with Crippen LogP contribution in [-0.4, -0.2) is 51.6 Å². The average Bonchev–Trinajstić information content (AvgIpc) is 2.45. The van der Waals surface area contributed by atoms with Gasteiger partial charge in [0, 0.05) is 31.2 Å². The highest BCUT2D eigenvalue weighted by atomic mass is 32.2. The molecule has 0 unspecified atom stereocenters. The van der Waals surface area contributed by atoms with Crippen molar-refractivity contribution in [3.8, 4) is 0 Å². The molecule has 2 N–H and O–H groups in total. The van der Waals surface area contributed by atoms with Crippen LogP contribution in [0.25, 0.3) is 0 Å². The predicted octanol–water partition coefficient (Wildman–Crippen LogP) is 1.43. The number of nitrogens with one attached hydrogen (secondary N) is 1. The lowest BCUT2D eigenvalue weighted by Crippen LogP contribution is -2.48.